The van der Waals surface area contributed by atoms with E-state index in [2.05, 4.69) is 9.97 Å². The van der Waals surface area contributed by atoms with E-state index in [9.17, 15) is 4.79 Å². The number of hydrogen-bond acceptors (Lipinski definition) is 5. The van der Waals surface area contributed by atoms with Crippen molar-refractivity contribution in [1.82, 2.24) is 9.97 Å². The van der Waals surface area contributed by atoms with Gasteiger partial charge >= 0.3 is 0 Å². The average Bonchev–Trinajstić information content (AvgIpc) is 3.15. The van der Waals surface area contributed by atoms with Gasteiger partial charge in [0, 0.05) is 25.4 Å². The summed E-state index contributed by atoms with van der Waals surface area (Å²) < 4.78 is 10.8. The lowest BCUT2D eigenvalue weighted by molar-refractivity contribution is -0.119. The second kappa shape index (κ2) is 5.97. The normalized spacial score (nSPS) is 21.2. The smallest absolute Gasteiger partial charge is 0.220 e. The van der Waals surface area contributed by atoms with E-state index in [1.807, 2.05) is 6.92 Å². The maximum Gasteiger partial charge on any atom is 0.220 e. The molecule has 2 atom stereocenters. The van der Waals surface area contributed by atoms with Gasteiger partial charge in [0.15, 0.2) is 5.75 Å². The molecule has 19 heavy (non-hydrogen) atoms. The molecule has 1 fully saturated rings. The van der Waals surface area contributed by atoms with Gasteiger partial charge in [-0.2, -0.15) is 0 Å². The van der Waals surface area contributed by atoms with Crippen LogP contribution in [-0.2, 0) is 16.0 Å². The summed E-state index contributed by atoms with van der Waals surface area (Å²) in [5, 5.41) is 0. The predicted molar refractivity (Wildman–Crippen MR) is 68.6 cm³/mol. The van der Waals surface area contributed by atoms with Crippen molar-refractivity contribution >= 4 is 5.91 Å². The summed E-state index contributed by atoms with van der Waals surface area (Å²) in [6.45, 7) is 2.91. The monoisotopic (exact) mass is 265 g/mol. The first-order chi connectivity index (χ1) is 9.11. The van der Waals surface area contributed by atoms with Crippen LogP contribution < -0.4 is 10.5 Å². The number of primary amides is 1. The molecule has 2 unspecified atom stereocenters. The van der Waals surface area contributed by atoms with E-state index in [1.54, 1.807) is 13.3 Å². The van der Waals surface area contributed by atoms with Crippen LogP contribution in [0.25, 0.3) is 0 Å². The molecule has 1 heterocycles. The Hall–Kier alpha value is -1.69. The molecule has 0 saturated heterocycles. The molecule has 2 rings (SSSR count). The van der Waals surface area contributed by atoms with Crippen LogP contribution in [-0.4, -0.2) is 36.2 Å². The summed E-state index contributed by atoms with van der Waals surface area (Å²) >= 11 is 0. The number of nitrogens with zero attached hydrogens (tertiary/aromatic N) is 2. The van der Waals surface area contributed by atoms with Gasteiger partial charge in [0.2, 0.25) is 5.91 Å². The highest BCUT2D eigenvalue weighted by Gasteiger charge is 2.42. The number of amides is 1. The van der Waals surface area contributed by atoms with Crippen LogP contribution in [0.1, 0.15) is 17.9 Å². The molecule has 2 N–H and O–H groups in total. The number of aryl methyl sites for hydroxylation is 1. The number of methoxy groups -OCH3 is 1. The van der Waals surface area contributed by atoms with Crippen LogP contribution in [0.5, 0.6) is 5.75 Å². The van der Waals surface area contributed by atoms with Crippen LogP contribution >= 0.6 is 0 Å². The highest BCUT2D eigenvalue weighted by Crippen LogP contribution is 2.38. The highest BCUT2D eigenvalue weighted by molar-refractivity contribution is 5.79. The molecule has 0 aliphatic heterocycles. The van der Waals surface area contributed by atoms with Gasteiger partial charge in [-0.3, -0.25) is 4.79 Å². The quantitative estimate of drug-likeness (QED) is 0.774. The number of nitrogens with two attached hydrogens (primary N) is 1. The number of ether oxygens (including phenoxy) is 2. The van der Waals surface area contributed by atoms with Gasteiger partial charge in [-0.05, 0) is 13.3 Å². The van der Waals surface area contributed by atoms with E-state index < -0.39 is 0 Å². The molecule has 1 aliphatic rings. The topological polar surface area (TPSA) is 87.3 Å². The summed E-state index contributed by atoms with van der Waals surface area (Å²) in [6, 6.07) is 0. The highest BCUT2D eigenvalue weighted by atomic mass is 16.5. The first-order valence-corrected chi connectivity index (χ1v) is 6.35. The van der Waals surface area contributed by atoms with Crippen molar-refractivity contribution in [2.45, 2.75) is 19.8 Å². The van der Waals surface area contributed by atoms with Crippen molar-refractivity contribution in [3.8, 4) is 5.75 Å². The van der Waals surface area contributed by atoms with Gasteiger partial charge < -0.3 is 15.2 Å². The maximum absolute atomic E-state index is 11.0. The Kier molecular flexibility index (Phi) is 4.31. The third-order valence-corrected chi connectivity index (χ3v) is 3.23. The number of carbonyl (C=O) groups excluding carboxylic acids is 1. The van der Waals surface area contributed by atoms with Gasteiger partial charge in [-0.25, -0.2) is 9.97 Å². The maximum atomic E-state index is 11.0. The fraction of sp³-hybridized carbons (Fsp3) is 0.615. The molecule has 0 radical (unpaired) electrons. The number of carbonyl (C=O) groups is 1. The van der Waals surface area contributed by atoms with Crippen LogP contribution in [0.3, 0.4) is 0 Å². The molecule has 0 bridgehead atoms. The Morgan fingerprint density at radius 1 is 1.58 bits per heavy atom. The molecule has 1 aliphatic carbocycles. The summed E-state index contributed by atoms with van der Waals surface area (Å²) in [5.74, 6) is 1.33. The van der Waals surface area contributed by atoms with Crippen molar-refractivity contribution in [3.63, 3.8) is 0 Å². The van der Waals surface area contributed by atoms with E-state index in [4.69, 9.17) is 15.2 Å². The van der Waals surface area contributed by atoms with Crippen LogP contribution in [0.4, 0.5) is 0 Å². The van der Waals surface area contributed by atoms with E-state index in [0.29, 0.717) is 31.2 Å². The minimum atomic E-state index is -0.242. The lowest BCUT2D eigenvalue weighted by Crippen LogP contribution is -2.16. The molecule has 1 saturated carbocycles. The zero-order valence-corrected chi connectivity index (χ0v) is 11.3. The second-order valence-corrected chi connectivity index (χ2v) is 4.79. The van der Waals surface area contributed by atoms with E-state index in [1.165, 1.54) is 0 Å². The molecule has 104 valence electrons. The third kappa shape index (κ3) is 3.64. The fourth-order valence-corrected chi connectivity index (χ4v) is 1.98. The molecular weight excluding hydrogens is 246 g/mol. The van der Waals surface area contributed by atoms with Gasteiger partial charge in [0.25, 0.3) is 0 Å². The first kappa shape index (κ1) is 13.7. The second-order valence-electron chi connectivity index (χ2n) is 4.79. The number of rotatable bonds is 7. The van der Waals surface area contributed by atoms with E-state index in [-0.39, 0.29) is 17.7 Å². The standard InChI is InChI=1S/C13H19N3O3/c1-8-15-6-12(11(16-8)3-4-18-2)19-7-9-5-10(9)13(14)17/h6,9-10H,3-5,7H2,1-2H3,(H2,14,17). The molecule has 1 aromatic heterocycles. The van der Waals surface area contributed by atoms with Crippen molar-refractivity contribution in [2.75, 3.05) is 20.3 Å². The summed E-state index contributed by atoms with van der Waals surface area (Å²) in [5.41, 5.74) is 6.08. The Bertz CT molecular complexity index is 464. The Balaban J connectivity index is 1.93. The largest absolute Gasteiger partial charge is 0.490 e. The average molecular weight is 265 g/mol. The van der Waals surface area contributed by atoms with Gasteiger partial charge in [-0.1, -0.05) is 0 Å². The predicted octanol–water partition coefficient (Wildman–Crippen LogP) is 0.474. The van der Waals surface area contributed by atoms with Gasteiger partial charge in [-0.15, -0.1) is 0 Å². The van der Waals surface area contributed by atoms with Crippen molar-refractivity contribution < 1.29 is 14.3 Å². The molecule has 0 spiro atoms. The van der Waals surface area contributed by atoms with Gasteiger partial charge in [0.1, 0.15) is 5.82 Å². The molecular formula is C13H19N3O3. The molecule has 6 nitrogen and oxygen atoms in total. The third-order valence-electron chi connectivity index (χ3n) is 3.23. The van der Waals surface area contributed by atoms with E-state index in [0.717, 1.165) is 12.1 Å². The zero-order valence-electron chi connectivity index (χ0n) is 11.3. The minimum absolute atomic E-state index is 0.0335. The fourth-order valence-electron chi connectivity index (χ4n) is 1.98. The minimum Gasteiger partial charge on any atom is -0.490 e. The van der Waals surface area contributed by atoms with Gasteiger partial charge in [0.05, 0.1) is 25.1 Å². The lowest BCUT2D eigenvalue weighted by atomic mass is 10.3. The van der Waals surface area contributed by atoms with Crippen molar-refractivity contribution in [3.05, 3.63) is 17.7 Å². The first-order valence-electron chi connectivity index (χ1n) is 6.35. The number of aromatic nitrogens is 2. The summed E-state index contributed by atoms with van der Waals surface area (Å²) in [4.78, 5) is 19.4. The van der Waals surface area contributed by atoms with E-state index >= 15 is 0 Å². The SMILES string of the molecule is COCCc1nc(C)ncc1OCC1CC1C(N)=O. The Labute approximate surface area is 112 Å². The Morgan fingerprint density at radius 2 is 2.37 bits per heavy atom. The van der Waals surface area contributed by atoms with Crippen molar-refractivity contribution in [1.29, 1.82) is 0 Å². The van der Waals surface area contributed by atoms with Crippen LogP contribution in [0.15, 0.2) is 6.20 Å². The molecule has 1 aromatic rings. The summed E-state index contributed by atoms with van der Waals surface area (Å²) in [7, 11) is 1.65. The lowest BCUT2D eigenvalue weighted by Gasteiger charge is -2.10. The van der Waals surface area contributed by atoms with Crippen LogP contribution in [0.2, 0.25) is 0 Å². The molecule has 0 aromatic carbocycles. The Morgan fingerprint density at radius 3 is 3.00 bits per heavy atom. The summed E-state index contributed by atoms with van der Waals surface area (Å²) in [6.07, 6.45) is 3.17. The molecule has 6 heteroatoms. The zero-order chi connectivity index (χ0) is 13.8. The van der Waals surface area contributed by atoms with Crippen molar-refractivity contribution in [2.24, 2.45) is 17.6 Å². The van der Waals surface area contributed by atoms with Crippen LogP contribution in [0, 0.1) is 18.8 Å². The molecule has 1 amide bonds. The number of hydrogen-bond donors (Lipinski definition) is 1.